The molecule has 0 radical (unpaired) electrons. The Morgan fingerprint density at radius 1 is 1.38 bits per heavy atom. The van der Waals surface area contributed by atoms with Crippen LogP contribution in [0, 0.1) is 0 Å². The third-order valence-electron chi connectivity index (χ3n) is 2.85. The first-order chi connectivity index (χ1) is 7.74. The van der Waals surface area contributed by atoms with Crippen molar-refractivity contribution in [3.8, 4) is 11.3 Å². The lowest BCUT2D eigenvalue weighted by Gasteiger charge is -2.04. The van der Waals surface area contributed by atoms with Crippen LogP contribution in [-0.2, 0) is 18.3 Å². The molecule has 80 valence electrons. The molecule has 1 N–H and O–H groups in total. The van der Waals surface area contributed by atoms with Gasteiger partial charge in [-0.05, 0) is 23.8 Å². The van der Waals surface area contributed by atoms with E-state index in [2.05, 4.69) is 10.4 Å². The smallest absolute Gasteiger partial charge is 0.228 e. The topological polar surface area (TPSA) is 46.9 Å². The van der Waals surface area contributed by atoms with Gasteiger partial charge in [0, 0.05) is 24.5 Å². The van der Waals surface area contributed by atoms with Crippen molar-refractivity contribution in [2.45, 2.75) is 6.42 Å². The van der Waals surface area contributed by atoms with Crippen LogP contribution >= 0.6 is 0 Å². The predicted molar refractivity (Wildman–Crippen MR) is 61.0 cm³/mol. The zero-order chi connectivity index (χ0) is 11.1. The first-order valence-corrected chi connectivity index (χ1v) is 5.15. The highest BCUT2D eigenvalue weighted by Gasteiger charge is 2.18. The number of aromatic nitrogens is 2. The molecule has 0 aliphatic carbocycles. The van der Waals surface area contributed by atoms with Gasteiger partial charge in [0.25, 0.3) is 0 Å². The van der Waals surface area contributed by atoms with Gasteiger partial charge in [0.15, 0.2) is 0 Å². The highest BCUT2D eigenvalue weighted by Crippen LogP contribution is 2.28. The number of carbonyl (C=O) groups excluding carboxylic acids is 1. The monoisotopic (exact) mass is 213 g/mol. The van der Waals surface area contributed by atoms with Crippen molar-refractivity contribution in [1.82, 2.24) is 9.78 Å². The van der Waals surface area contributed by atoms with Gasteiger partial charge in [-0.15, -0.1) is 0 Å². The van der Waals surface area contributed by atoms with Crippen molar-refractivity contribution < 1.29 is 4.79 Å². The molecule has 0 saturated heterocycles. The standard InChI is InChI=1S/C12H11N3O/c1-15-11(4-5-13-15)8-2-3-10-9(6-8)7-12(16)14-10/h2-6H,7H2,1H3,(H,14,16). The van der Waals surface area contributed by atoms with Gasteiger partial charge in [-0.3, -0.25) is 9.48 Å². The summed E-state index contributed by atoms with van der Waals surface area (Å²) >= 11 is 0. The molecule has 1 aliphatic rings. The van der Waals surface area contributed by atoms with Gasteiger partial charge in [0.2, 0.25) is 5.91 Å². The summed E-state index contributed by atoms with van der Waals surface area (Å²) in [5, 5.41) is 6.96. The van der Waals surface area contributed by atoms with Crippen LogP contribution in [0.1, 0.15) is 5.56 Å². The lowest BCUT2D eigenvalue weighted by molar-refractivity contribution is -0.115. The molecular formula is C12H11N3O. The highest BCUT2D eigenvalue weighted by atomic mass is 16.1. The average Bonchev–Trinajstić information content (AvgIpc) is 2.81. The Bertz CT molecular complexity index is 571. The molecule has 0 spiro atoms. The molecule has 3 rings (SSSR count). The van der Waals surface area contributed by atoms with Gasteiger partial charge < -0.3 is 5.32 Å². The molecule has 0 bridgehead atoms. The van der Waals surface area contributed by atoms with Gasteiger partial charge in [0.05, 0.1) is 12.1 Å². The fourth-order valence-corrected chi connectivity index (χ4v) is 2.05. The summed E-state index contributed by atoms with van der Waals surface area (Å²) in [6.07, 6.45) is 2.24. The fraction of sp³-hybridized carbons (Fsp3) is 0.167. The summed E-state index contributed by atoms with van der Waals surface area (Å²) in [6.45, 7) is 0. The Kier molecular flexibility index (Phi) is 1.83. The van der Waals surface area contributed by atoms with Gasteiger partial charge >= 0.3 is 0 Å². The van der Waals surface area contributed by atoms with E-state index in [1.807, 2.05) is 36.0 Å². The SMILES string of the molecule is Cn1nccc1-c1ccc2c(c1)CC(=O)N2. The molecule has 2 aromatic rings. The number of nitrogens with zero attached hydrogens (tertiary/aromatic N) is 2. The number of carbonyl (C=O) groups is 1. The second kappa shape index (κ2) is 3.20. The van der Waals surface area contributed by atoms with Crippen LogP contribution in [0.5, 0.6) is 0 Å². The zero-order valence-corrected chi connectivity index (χ0v) is 8.90. The summed E-state index contributed by atoms with van der Waals surface area (Å²) in [5.74, 6) is 0.0668. The van der Waals surface area contributed by atoms with Crippen LogP contribution in [-0.4, -0.2) is 15.7 Å². The Balaban J connectivity index is 2.09. The molecule has 0 fully saturated rings. The Morgan fingerprint density at radius 3 is 3.00 bits per heavy atom. The van der Waals surface area contributed by atoms with E-state index >= 15 is 0 Å². The normalized spacial score (nSPS) is 13.7. The minimum Gasteiger partial charge on any atom is -0.326 e. The van der Waals surface area contributed by atoms with Crippen molar-refractivity contribution in [3.63, 3.8) is 0 Å². The van der Waals surface area contributed by atoms with Gasteiger partial charge in [-0.2, -0.15) is 5.10 Å². The van der Waals surface area contributed by atoms with Crippen LogP contribution in [0.4, 0.5) is 5.69 Å². The largest absolute Gasteiger partial charge is 0.326 e. The summed E-state index contributed by atoms with van der Waals surface area (Å²) in [5.41, 5.74) is 4.14. The van der Waals surface area contributed by atoms with Crippen LogP contribution < -0.4 is 5.32 Å². The van der Waals surface area contributed by atoms with E-state index in [-0.39, 0.29) is 5.91 Å². The number of hydrogen-bond acceptors (Lipinski definition) is 2. The quantitative estimate of drug-likeness (QED) is 0.781. The maximum Gasteiger partial charge on any atom is 0.228 e. The minimum absolute atomic E-state index is 0.0668. The lowest BCUT2D eigenvalue weighted by Crippen LogP contribution is -2.03. The summed E-state index contributed by atoms with van der Waals surface area (Å²) in [4.78, 5) is 11.2. The Labute approximate surface area is 92.9 Å². The first kappa shape index (κ1) is 9.15. The van der Waals surface area contributed by atoms with Crippen LogP contribution in [0.3, 0.4) is 0 Å². The van der Waals surface area contributed by atoms with E-state index in [1.165, 1.54) is 0 Å². The molecule has 1 aromatic carbocycles. The fourth-order valence-electron chi connectivity index (χ4n) is 2.05. The highest BCUT2D eigenvalue weighted by molar-refractivity contribution is 5.99. The minimum atomic E-state index is 0.0668. The zero-order valence-electron chi connectivity index (χ0n) is 8.90. The predicted octanol–water partition coefficient (Wildman–Crippen LogP) is 1.58. The second-order valence-electron chi connectivity index (χ2n) is 3.94. The number of nitrogens with one attached hydrogen (secondary N) is 1. The number of anilines is 1. The molecule has 1 amide bonds. The van der Waals surface area contributed by atoms with Gasteiger partial charge in [0.1, 0.15) is 0 Å². The van der Waals surface area contributed by atoms with Crippen LogP contribution in [0.2, 0.25) is 0 Å². The Hall–Kier alpha value is -2.10. The second-order valence-corrected chi connectivity index (χ2v) is 3.94. The number of rotatable bonds is 1. The number of benzene rings is 1. The maximum absolute atomic E-state index is 11.2. The van der Waals surface area contributed by atoms with Gasteiger partial charge in [-0.25, -0.2) is 0 Å². The summed E-state index contributed by atoms with van der Waals surface area (Å²) in [6, 6.07) is 7.96. The van der Waals surface area contributed by atoms with E-state index in [0.29, 0.717) is 6.42 Å². The van der Waals surface area contributed by atoms with E-state index in [9.17, 15) is 4.79 Å². The molecule has 0 saturated carbocycles. The van der Waals surface area contributed by atoms with Crippen molar-refractivity contribution in [2.24, 2.45) is 7.05 Å². The van der Waals surface area contributed by atoms with E-state index < -0.39 is 0 Å². The molecule has 2 heterocycles. The average molecular weight is 213 g/mol. The van der Waals surface area contributed by atoms with E-state index in [0.717, 1.165) is 22.5 Å². The molecule has 16 heavy (non-hydrogen) atoms. The molecule has 4 heteroatoms. The first-order valence-electron chi connectivity index (χ1n) is 5.15. The number of fused-ring (bicyclic) bond motifs is 1. The maximum atomic E-state index is 11.2. The molecular weight excluding hydrogens is 202 g/mol. The van der Waals surface area contributed by atoms with E-state index in [4.69, 9.17) is 0 Å². The van der Waals surface area contributed by atoms with Gasteiger partial charge in [-0.1, -0.05) is 6.07 Å². The number of aryl methyl sites for hydroxylation is 1. The lowest BCUT2D eigenvalue weighted by atomic mass is 10.1. The van der Waals surface area contributed by atoms with Crippen molar-refractivity contribution in [3.05, 3.63) is 36.0 Å². The number of amides is 1. The van der Waals surface area contributed by atoms with Crippen molar-refractivity contribution >= 4 is 11.6 Å². The van der Waals surface area contributed by atoms with Crippen molar-refractivity contribution in [1.29, 1.82) is 0 Å². The molecule has 1 aliphatic heterocycles. The van der Waals surface area contributed by atoms with Crippen molar-refractivity contribution in [2.75, 3.05) is 5.32 Å². The number of hydrogen-bond donors (Lipinski definition) is 1. The molecule has 0 unspecified atom stereocenters. The summed E-state index contributed by atoms with van der Waals surface area (Å²) in [7, 11) is 1.91. The van der Waals surface area contributed by atoms with E-state index in [1.54, 1.807) is 6.20 Å². The van der Waals surface area contributed by atoms with Crippen LogP contribution in [0.15, 0.2) is 30.5 Å². The molecule has 4 nitrogen and oxygen atoms in total. The Morgan fingerprint density at radius 2 is 2.25 bits per heavy atom. The third kappa shape index (κ3) is 1.31. The summed E-state index contributed by atoms with van der Waals surface area (Å²) < 4.78 is 1.83. The third-order valence-corrected chi connectivity index (χ3v) is 2.85. The molecule has 0 atom stereocenters. The van der Waals surface area contributed by atoms with Crippen LogP contribution in [0.25, 0.3) is 11.3 Å². The molecule has 1 aromatic heterocycles.